The Morgan fingerprint density at radius 1 is 0.556 bits per heavy atom. The van der Waals surface area contributed by atoms with Gasteiger partial charge in [-0.15, -0.1) is 23.1 Å². The predicted molar refractivity (Wildman–Crippen MR) is 493 cm³/mol. The molecule has 0 spiro atoms. The van der Waals surface area contributed by atoms with Gasteiger partial charge in [0.05, 0.1) is 38.3 Å². The first-order valence-electron chi connectivity index (χ1n) is 43.6. The Labute approximate surface area is 779 Å². The molecule has 17 amide bonds. The number of thioether (sulfide) groups is 2. The van der Waals surface area contributed by atoms with Gasteiger partial charge in [0.25, 0.3) is 0 Å². The van der Waals surface area contributed by atoms with Gasteiger partial charge in [-0.05, 0) is 122 Å². The molecule has 43 nitrogen and oxygen atoms in total. The van der Waals surface area contributed by atoms with Crippen LogP contribution in [0.25, 0.3) is 21.0 Å². The molecule has 133 heavy (non-hydrogen) atoms. The molecule has 14 atom stereocenters. The van der Waals surface area contributed by atoms with Crippen molar-refractivity contribution in [2.75, 3.05) is 84.1 Å². The molecule has 0 radical (unpaired) electrons. The number of phenolic OH excluding ortho intramolecular Hbond substituents is 1. The van der Waals surface area contributed by atoms with Crippen LogP contribution < -0.4 is 75.7 Å². The number of aromatic hydroxyl groups is 1. The lowest BCUT2D eigenvalue weighted by Crippen LogP contribution is -2.62. The number of carbonyl (C=O) groups is 17. The number of phenols is 1. The average Bonchev–Trinajstić information content (AvgIpc) is 1.78. The number of aromatic nitrogens is 3. The van der Waals surface area contributed by atoms with Crippen LogP contribution in [0.3, 0.4) is 0 Å². The Morgan fingerprint density at radius 2 is 1.12 bits per heavy atom. The number of H-pyrrole nitrogens is 2. The van der Waals surface area contributed by atoms with Crippen LogP contribution in [0.5, 0.6) is 5.75 Å². The average molecular weight is 1900 g/mol. The fraction of sp³-hybridized carbons (Fsp3) is 0.506. The van der Waals surface area contributed by atoms with Gasteiger partial charge < -0.3 is 125 Å². The van der Waals surface area contributed by atoms with E-state index < -0.39 is 229 Å². The summed E-state index contributed by atoms with van der Waals surface area (Å²) in [4.78, 5) is 264. The summed E-state index contributed by atoms with van der Waals surface area (Å²) in [5, 5.41) is 72.1. The molecule has 0 saturated carbocycles. The number of aromatic amines is 2. The lowest BCUT2D eigenvalue weighted by molar-refractivity contribution is -0.149. The van der Waals surface area contributed by atoms with Gasteiger partial charge >= 0.3 is 0 Å². The Bertz CT molecular complexity index is 5160. The standard InChI is InChI=1S/C87H119N23O20S3/c1-7-8-20-68-86(130)107(4)65(28-32-131-6)79(123)98-56(19-13-29-93-87(90)91)75(119)105-64(74(118)95-40-71(89)115)44-132-45-72(116)97-59(33-48-24-26-52(113)27-25-48)82(126)106(3)47(2)73(117)101-61(37-70(88)114)84(128)109-30-14-21-66(109)81(125)100-58(36-51-39-92-46-96-51)77(121)104-63(42-112)85(129)110-31-15-22-67(110)80(124)99-57(34-49-38-94-55-18-11-9-16-53(49)55)76(120)103-62(41-111)78(122)102-60(83(127)108(68)5)35-50-43-133-69-23-12-10-17-54(50)69/h9-12,16-18,23-27,38-39,43,46-47,56-68,94,111-113H,7-8,13-15,19-22,28-37,40-42,44-45H2,1-6H3,(H2,88,114)(H2,89,115)(H,92,96)(H,95,118)(H,97,116)(H,98,123)(H,99,124)(H,100,125)(H,101,117)(H,102,122)(H,103,120)(H,104,121)(H,105,119)(H4,90,91,93)/t47-,56-,57-,58-,59-,60-,61-,62-,63-,64?,65-,66-,67?,68-/m0/s1. The number of hydrogen-bond acceptors (Lipinski definition) is 25. The minimum atomic E-state index is -1.87. The molecule has 9 rings (SSSR count). The summed E-state index contributed by atoms with van der Waals surface area (Å²) in [6.07, 6.45) is 4.94. The van der Waals surface area contributed by atoms with Gasteiger partial charge in [-0.1, -0.05) is 68.3 Å². The van der Waals surface area contributed by atoms with E-state index in [1.807, 2.05) is 25.1 Å². The number of carbonyl (C=O) groups excluding carboxylic acids is 17. The van der Waals surface area contributed by atoms with Crippen molar-refractivity contribution >= 4 is 162 Å². The van der Waals surface area contributed by atoms with Crippen molar-refractivity contribution in [3.8, 4) is 5.75 Å². The second kappa shape index (κ2) is 50.1. The van der Waals surface area contributed by atoms with Crippen LogP contribution in [0.2, 0.25) is 0 Å². The molecule has 2 unspecified atom stereocenters. The number of imidazole rings is 1. The molecule has 3 aliphatic rings. The zero-order chi connectivity index (χ0) is 96.9. The summed E-state index contributed by atoms with van der Waals surface area (Å²) < 4.78 is 0.813. The number of nitrogens with two attached hydrogens (primary N) is 3. The molecule has 0 bridgehead atoms. The van der Waals surface area contributed by atoms with Gasteiger partial charge in [-0.2, -0.15) is 11.8 Å². The second-order valence-corrected chi connectivity index (χ2v) is 35.8. The Morgan fingerprint density at radius 3 is 1.74 bits per heavy atom. The quantitative estimate of drug-likeness (QED) is 0.0149. The monoisotopic (exact) mass is 1900 g/mol. The topological polar surface area (TPSA) is 646 Å². The van der Waals surface area contributed by atoms with Crippen LogP contribution in [0.1, 0.15) is 107 Å². The number of nitrogens with zero attached hydrogens (tertiary/aromatic N) is 6. The van der Waals surface area contributed by atoms with Gasteiger partial charge in [-0.3, -0.25) is 86.9 Å². The van der Waals surface area contributed by atoms with Gasteiger partial charge in [0.2, 0.25) is 100 Å². The molecule has 6 heterocycles. The lowest BCUT2D eigenvalue weighted by atomic mass is 10.0. The van der Waals surface area contributed by atoms with E-state index >= 15 is 28.8 Å². The van der Waals surface area contributed by atoms with Crippen molar-refractivity contribution in [3.05, 3.63) is 119 Å². The minimum Gasteiger partial charge on any atom is -0.508 e. The number of unbranched alkanes of at least 4 members (excludes halogenated alkanes) is 1. The van der Waals surface area contributed by atoms with E-state index in [-0.39, 0.29) is 114 Å². The molecule has 3 saturated heterocycles. The number of guanidine groups is 1. The highest BCUT2D eigenvalue weighted by atomic mass is 32.2. The number of amides is 17. The number of fused-ring (bicyclic) bond motifs is 4. The van der Waals surface area contributed by atoms with E-state index in [1.165, 1.54) is 88.0 Å². The van der Waals surface area contributed by atoms with E-state index in [4.69, 9.17) is 22.6 Å². The highest BCUT2D eigenvalue weighted by Gasteiger charge is 2.46. The molecular formula is C87H119N23O20S3. The van der Waals surface area contributed by atoms with Crippen LogP contribution in [0.4, 0.5) is 0 Å². The van der Waals surface area contributed by atoms with Crippen molar-refractivity contribution in [2.24, 2.45) is 17.2 Å². The number of para-hydroxylation sites is 1. The third kappa shape index (κ3) is 28.8. The maximum Gasteiger partial charge on any atom is 0.248 e. The van der Waals surface area contributed by atoms with Gasteiger partial charge in [-0.25, -0.2) is 4.98 Å². The zero-order valence-electron chi connectivity index (χ0n) is 74.7. The summed E-state index contributed by atoms with van der Waals surface area (Å²) in [5.41, 5.74) is 19.1. The molecule has 6 aromatic rings. The Hall–Kier alpha value is -13.0. The van der Waals surface area contributed by atoms with E-state index in [0.717, 1.165) is 41.0 Å². The third-order valence-electron chi connectivity index (χ3n) is 23.4. The van der Waals surface area contributed by atoms with Crippen molar-refractivity contribution in [1.82, 2.24) is 97.9 Å². The van der Waals surface area contributed by atoms with Crippen molar-refractivity contribution in [2.45, 2.75) is 195 Å². The summed E-state index contributed by atoms with van der Waals surface area (Å²) in [5.74, 6) is -17.6. The minimum absolute atomic E-state index is 0.00563. The van der Waals surface area contributed by atoms with Crippen LogP contribution >= 0.6 is 34.9 Å². The number of likely N-dealkylation sites (N-methyl/N-ethyl adjacent to an activating group) is 3. The first kappa shape index (κ1) is 104. The maximum atomic E-state index is 15.7. The first-order valence-corrected chi connectivity index (χ1v) is 47.1. The second-order valence-electron chi connectivity index (χ2n) is 32.9. The molecule has 0 aliphatic carbocycles. The van der Waals surface area contributed by atoms with Gasteiger partial charge in [0, 0.05) is 106 Å². The van der Waals surface area contributed by atoms with Gasteiger partial charge in [0.15, 0.2) is 5.96 Å². The highest BCUT2D eigenvalue weighted by molar-refractivity contribution is 8.00. The van der Waals surface area contributed by atoms with Crippen molar-refractivity contribution in [1.29, 1.82) is 5.41 Å². The molecule has 3 aromatic carbocycles. The molecule has 3 aromatic heterocycles. The molecule has 3 aliphatic heterocycles. The highest BCUT2D eigenvalue weighted by Crippen LogP contribution is 2.30. The summed E-state index contributed by atoms with van der Waals surface area (Å²) in [6.45, 7) is -0.0287. The fourth-order valence-electron chi connectivity index (χ4n) is 16.0. The summed E-state index contributed by atoms with van der Waals surface area (Å²) >= 11 is 3.42. The normalized spacial score (nSPS) is 24.3. The fourth-order valence-corrected chi connectivity index (χ4v) is 18.3. The number of aliphatic hydroxyl groups excluding tert-OH is 2. The maximum absolute atomic E-state index is 15.7. The molecular weight excluding hydrogens is 1780 g/mol. The summed E-state index contributed by atoms with van der Waals surface area (Å²) in [6, 6.07) is -2.20. The molecule has 3 fully saturated rings. The molecule has 720 valence electrons. The summed E-state index contributed by atoms with van der Waals surface area (Å²) in [7, 11) is 3.90. The first-order chi connectivity index (χ1) is 63.5. The Kier molecular flexibility index (Phi) is 39.1. The largest absolute Gasteiger partial charge is 0.508 e. The van der Waals surface area contributed by atoms with Crippen molar-refractivity contribution < 1.29 is 96.8 Å². The number of thiophene rings is 1. The predicted octanol–water partition coefficient (Wildman–Crippen LogP) is -3.66. The number of primary amides is 2. The van der Waals surface area contributed by atoms with Crippen LogP contribution in [-0.4, -0.2) is 330 Å². The van der Waals surface area contributed by atoms with Crippen LogP contribution in [0.15, 0.2) is 96.9 Å². The van der Waals surface area contributed by atoms with E-state index in [2.05, 4.69) is 73.4 Å². The number of benzene rings is 3. The van der Waals surface area contributed by atoms with E-state index in [1.54, 1.807) is 48.2 Å². The number of hydrogen-bond donors (Lipinski definition) is 20. The molecule has 46 heteroatoms. The van der Waals surface area contributed by atoms with Crippen LogP contribution in [-0.2, 0) is 107 Å². The van der Waals surface area contributed by atoms with Crippen molar-refractivity contribution in [3.63, 3.8) is 0 Å². The van der Waals surface area contributed by atoms with E-state index in [0.29, 0.717) is 45.8 Å². The number of nitrogens with one attached hydrogen (secondary N) is 14. The van der Waals surface area contributed by atoms with Crippen LogP contribution in [0, 0.1) is 5.41 Å². The Balaban J connectivity index is 1.09. The number of aliphatic hydroxyl groups is 2. The third-order valence-corrected chi connectivity index (χ3v) is 26.1. The smallest absolute Gasteiger partial charge is 0.248 e. The van der Waals surface area contributed by atoms with Gasteiger partial charge in [0.1, 0.15) is 90.3 Å². The zero-order valence-corrected chi connectivity index (χ0v) is 77.2. The molecule has 23 N–H and O–H groups in total. The lowest BCUT2D eigenvalue weighted by Gasteiger charge is -2.36. The number of rotatable bonds is 25. The SMILES string of the molecule is CCCC[C@H]1C(=O)N(C)[C@@H](CCSC)C(=O)N[C@@H](CCCNC(=N)N)C(=O)NC(C(=O)NCC(N)=O)CSCC(=O)N[C@@H](Cc2ccc(O)cc2)C(=O)N(C)[C@@H](C)C(=O)N[C@@H](CC(N)=O)C(=O)N2CCC[C@H]2C(=O)N[C@@H](Cc2cnc[nH]2)C(=O)N[C@@H](CO)C(=O)N2CCCC2C(=O)N[C@@H](Cc2c[nH]c3ccccc23)C(=O)N[C@@H](CO)C(=O)N[C@@H](Cc2csc3ccccc23)C(=O)N1C. The van der Waals surface area contributed by atoms with E-state index in [9.17, 15) is 68.1 Å².